The van der Waals surface area contributed by atoms with Gasteiger partial charge in [0.25, 0.3) is 0 Å². The molecule has 1 unspecified atom stereocenters. The van der Waals surface area contributed by atoms with E-state index in [2.05, 4.69) is 59.9 Å². The van der Waals surface area contributed by atoms with Gasteiger partial charge in [-0.05, 0) is 31.0 Å². The van der Waals surface area contributed by atoms with Crippen LogP contribution in [-0.4, -0.2) is 16.1 Å². The lowest BCUT2D eigenvalue weighted by atomic mass is 9.98. The maximum absolute atomic E-state index is 4.56. The quantitative estimate of drug-likeness (QED) is 0.861. The maximum atomic E-state index is 4.56. The molecule has 0 fully saturated rings. The second-order valence-electron chi connectivity index (χ2n) is 4.61. The van der Waals surface area contributed by atoms with Crippen LogP contribution in [0.25, 0.3) is 0 Å². The SMILES string of the molecule is CCNC(c1ccccc1CC)c1nccn1CC. The standard InChI is InChI=1S/C16H23N3/c1-4-13-9-7-8-10-14(13)15(17-5-2)16-18-11-12-19(16)6-3/h7-12,15,17H,4-6H2,1-3H3. The second kappa shape index (κ2) is 6.53. The number of hydrogen-bond acceptors (Lipinski definition) is 2. The predicted molar refractivity (Wildman–Crippen MR) is 79.2 cm³/mol. The van der Waals surface area contributed by atoms with Crippen molar-refractivity contribution in [2.45, 2.75) is 39.8 Å². The lowest BCUT2D eigenvalue weighted by Gasteiger charge is -2.21. The minimum atomic E-state index is 0.177. The first-order valence-electron chi connectivity index (χ1n) is 7.13. The monoisotopic (exact) mass is 257 g/mol. The molecule has 1 atom stereocenters. The summed E-state index contributed by atoms with van der Waals surface area (Å²) in [4.78, 5) is 4.56. The van der Waals surface area contributed by atoms with Gasteiger partial charge in [0.1, 0.15) is 5.82 Å². The van der Waals surface area contributed by atoms with Gasteiger partial charge in [-0.25, -0.2) is 4.98 Å². The molecule has 0 radical (unpaired) electrons. The highest BCUT2D eigenvalue weighted by Crippen LogP contribution is 2.24. The van der Waals surface area contributed by atoms with Crippen molar-refractivity contribution in [1.29, 1.82) is 0 Å². The van der Waals surface area contributed by atoms with E-state index in [1.54, 1.807) is 0 Å². The zero-order valence-corrected chi connectivity index (χ0v) is 12.1. The largest absolute Gasteiger partial charge is 0.334 e. The van der Waals surface area contributed by atoms with Crippen LogP contribution >= 0.6 is 0 Å². The van der Waals surface area contributed by atoms with Crippen molar-refractivity contribution >= 4 is 0 Å². The molecule has 2 aromatic rings. The molecule has 2 rings (SSSR count). The van der Waals surface area contributed by atoms with Crippen molar-refractivity contribution in [1.82, 2.24) is 14.9 Å². The summed E-state index contributed by atoms with van der Waals surface area (Å²) in [6.45, 7) is 8.37. The van der Waals surface area contributed by atoms with Crippen molar-refractivity contribution in [2.75, 3.05) is 6.54 Å². The van der Waals surface area contributed by atoms with Gasteiger partial charge in [0.05, 0.1) is 6.04 Å². The Morgan fingerprint density at radius 3 is 2.68 bits per heavy atom. The third-order valence-corrected chi connectivity index (χ3v) is 3.50. The minimum absolute atomic E-state index is 0.177. The van der Waals surface area contributed by atoms with Crippen molar-refractivity contribution in [2.24, 2.45) is 0 Å². The maximum Gasteiger partial charge on any atom is 0.130 e. The molecule has 19 heavy (non-hydrogen) atoms. The molecule has 0 aliphatic rings. The van der Waals surface area contributed by atoms with Gasteiger partial charge in [-0.3, -0.25) is 0 Å². The van der Waals surface area contributed by atoms with Crippen LogP contribution in [0.3, 0.4) is 0 Å². The molecule has 0 spiro atoms. The number of aryl methyl sites for hydroxylation is 2. The molecule has 3 nitrogen and oxygen atoms in total. The van der Waals surface area contributed by atoms with Gasteiger partial charge < -0.3 is 9.88 Å². The number of imidazole rings is 1. The summed E-state index contributed by atoms with van der Waals surface area (Å²) in [6.07, 6.45) is 4.98. The van der Waals surface area contributed by atoms with Gasteiger partial charge in [0.15, 0.2) is 0 Å². The van der Waals surface area contributed by atoms with E-state index >= 15 is 0 Å². The molecule has 0 saturated carbocycles. The van der Waals surface area contributed by atoms with E-state index in [0.717, 1.165) is 25.3 Å². The van der Waals surface area contributed by atoms with Crippen molar-refractivity contribution < 1.29 is 0 Å². The molecule has 1 N–H and O–H groups in total. The highest BCUT2D eigenvalue weighted by Gasteiger charge is 2.19. The number of nitrogens with one attached hydrogen (secondary N) is 1. The molecule has 0 aliphatic carbocycles. The number of aromatic nitrogens is 2. The molecule has 3 heteroatoms. The molecule has 1 aromatic heterocycles. The molecular weight excluding hydrogens is 234 g/mol. The van der Waals surface area contributed by atoms with Crippen molar-refractivity contribution in [3.8, 4) is 0 Å². The molecular formula is C16H23N3. The van der Waals surface area contributed by atoms with Crippen LogP contribution in [0.2, 0.25) is 0 Å². The first-order chi connectivity index (χ1) is 9.31. The highest BCUT2D eigenvalue weighted by atomic mass is 15.1. The van der Waals surface area contributed by atoms with Crippen LogP contribution in [0.4, 0.5) is 0 Å². The number of rotatable bonds is 6. The van der Waals surface area contributed by atoms with E-state index in [0.29, 0.717) is 0 Å². The van der Waals surface area contributed by atoms with Crippen LogP contribution in [0, 0.1) is 0 Å². The summed E-state index contributed by atoms with van der Waals surface area (Å²) in [7, 11) is 0. The molecule has 0 bridgehead atoms. The Labute approximate surface area is 115 Å². The van der Waals surface area contributed by atoms with Crippen LogP contribution in [-0.2, 0) is 13.0 Å². The zero-order valence-electron chi connectivity index (χ0n) is 12.1. The zero-order chi connectivity index (χ0) is 13.7. The Morgan fingerprint density at radius 1 is 1.21 bits per heavy atom. The normalized spacial score (nSPS) is 12.6. The summed E-state index contributed by atoms with van der Waals surface area (Å²) in [6, 6.07) is 8.81. The van der Waals surface area contributed by atoms with Gasteiger partial charge in [-0.2, -0.15) is 0 Å². The molecule has 1 heterocycles. The fourth-order valence-corrected chi connectivity index (χ4v) is 2.53. The smallest absolute Gasteiger partial charge is 0.130 e. The van der Waals surface area contributed by atoms with Gasteiger partial charge in [-0.1, -0.05) is 38.1 Å². The first kappa shape index (κ1) is 13.8. The summed E-state index contributed by atoms with van der Waals surface area (Å²) >= 11 is 0. The van der Waals surface area contributed by atoms with E-state index < -0.39 is 0 Å². The lowest BCUT2D eigenvalue weighted by Crippen LogP contribution is -2.26. The van der Waals surface area contributed by atoms with Gasteiger partial charge >= 0.3 is 0 Å². The summed E-state index contributed by atoms with van der Waals surface area (Å²) < 4.78 is 2.21. The lowest BCUT2D eigenvalue weighted by molar-refractivity contribution is 0.556. The Morgan fingerprint density at radius 2 is 2.00 bits per heavy atom. The van der Waals surface area contributed by atoms with Gasteiger partial charge in [-0.15, -0.1) is 0 Å². The number of benzene rings is 1. The van der Waals surface area contributed by atoms with Crippen LogP contribution in [0.1, 0.15) is 43.8 Å². The van der Waals surface area contributed by atoms with E-state index in [1.807, 2.05) is 12.4 Å². The van der Waals surface area contributed by atoms with E-state index in [4.69, 9.17) is 0 Å². The predicted octanol–water partition coefficient (Wildman–Crippen LogP) is 3.16. The Kier molecular flexibility index (Phi) is 4.74. The van der Waals surface area contributed by atoms with Crippen molar-refractivity contribution in [3.05, 3.63) is 53.6 Å². The average molecular weight is 257 g/mol. The van der Waals surface area contributed by atoms with E-state index in [-0.39, 0.29) is 6.04 Å². The van der Waals surface area contributed by atoms with Crippen molar-refractivity contribution in [3.63, 3.8) is 0 Å². The van der Waals surface area contributed by atoms with Gasteiger partial charge in [0, 0.05) is 18.9 Å². The van der Waals surface area contributed by atoms with Crippen LogP contribution in [0.5, 0.6) is 0 Å². The Bertz CT molecular complexity index is 516. The van der Waals surface area contributed by atoms with Gasteiger partial charge in [0.2, 0.25) is 0 Å². The summed E-state index contributed by atoms with van der Waals surface area (Å²) in [5.41, 5.74) is 2.73. The minimum Gasteiger partial charge on any atom is -0.334 e. The number of hydrogen-bond donors (Lipinski definition) is 1. The van der Waals surface area contributed by atoms with Crippen LogP contribution < -0.4 is 5.32 Å². The molecule has 1 aromatic carbocycles. The Hall–Kier alpha value is -1.61. The number of nitrogens with zero attached hydrogens (tertiary/aromatic N) is 2. The third kappa shape index (κ3) is 2.87. The highest BCUT2D eigenvalue weighted by molar-refractivity contribution is 5.34. The topological polar surface area (TPSA) is 29.9 Å². The second-order valence-corrected chi connectivity index (χ2v) is 4.61. The molecule has 102 valence electrons. The molecule has 0 saturated heterocycles. The van der Waals surface area contributed by atoms with Crippen LogP contribution in [0.15, 0.2) is 36.7 Å². The summed E-state index contributed by atoms with van der Waals surface area (Å²) in [5.74, 6) is 1.10. The molecule has 0 amide bonds. The van der Waals surface area contributed by atoms with E-state index in [1.165, 1.54) is 11.1 Å². The third-order valence-electron chi connectivity index (χ3n) is 3.50. The summed E-state index contributed by atoms with van der Waals surface area (Å²) in [5, 5.41) is 3.57. The average Bonchev–Trinajstić information content (AvgIpc) is 2.93. The fourth-order valence-electron chi connectivity index (χ4n) is 2.53. The Balaban J connectivity index is 2.45. The first-order valence-corrected chi connectivity index (χ1v) is 7.13. The molecule has 0 aliphatic heterocycles. The fraction of sp³-hybridized carbons (Fsp3) is 0.438. The van der Waals surface area contributed by atoms with E-state index in [9.17, 15) is 0 Å².